The molecule has 0 bridgehead atoms. The summed E-state index contributed by atoms with van der Waals surface area (Å²) in [6.07, 6.45) is 1.16. The molecule has 4 nitrogen and oxygen atoms in total. The van der Waals surface area contributed by atoms with Crippen molar-refractivity contribution in [3.05, 3.63) is 12.1 Å². The van der Waals surface area contributed by atoms with E-state index in [1.165, 1.54) is 0 Å². The van der Waals surface area contributed by atoms with Gasteiger partial charge in [0.2, 0.25) is 5.88 Å². The first-order valence-corrected chi connectivity index (χ1v) is 6.45. The zero-order valence-electron chi connectivity index (χ0n) is 12.1. The molecule has 0 unspecified atom stereocenters. The van der Waals surface area contributed by atoms with Crippen LogP contribution in [0.3, 0.4) is 0 Å². The average Bonchev–Trinajstić information content (AvgIpc) is 2.20. The largest absolute Gasteiger partial charge is 0.473 e. The lowest BCUT2D eigenvalue weighted by atomic mass is 9.92. The minimum absolute atomic E-state index is 0.0737. The second-order valence-corrected chi connectivity index (χ2v) is 5.99. The minimum Gasteiger partial charge on any atom is -0.473 e. The van der Waals surface area contributed by atoms with Crippen LogP contribution in [0.15, 0.2) is 12.1 Å². The van der Waals surface area contributed by atoms with Crippen LogP contribution in [0.5, 0.6) is 5.88 Å². The number of pyridine rings is 1. The zero-order chi connectivity index (χ0) is 13.8. The predicted octanol–water partition coefficient (Wildman–Crippen LogP) is 3.30. The Balaban J connectivity index is 2.61. The smallest absolute Gasteiger partial charge is 0.239 e. The SMILES string of the molecule is CC(C)Oc1nc(NCCC(C)(C)C)ccc1N. The van der Waals surface area contributed by atoms with Crippen molar-refractivity contribution in [2.45, 2.75) is 47.1 Å². The van der Waals surface area contributed by atoms with E-state index in [4.69, 9.17) is 10.5 Å². The van der Waals surface area contributed by atoms with Crippen molar-refractivity contribution >= 4 is 11.5 Å². The lowest BCUT2D eigenvalue weighted by Crippen LogP contribution is -2.14. The van der Waals surface area contributed by atoms with Crippen LogP contribution in [0.2, 0.25) is 0 Å². The van der Waals surface area contributed by atoms with Gasteiger partial charge in [-0.2, -0.15) is 4.98 Å². The Morgan fingerprint density at radius 3 is 2.56 bits per heavy atom. The predicted molar refractivity (Wildman–Crippen MR) is 77.0 cm³/mol. The fraction of sp³-hybridized carbons (Fsp3) is 0.643. The lowest BCUT2D eigenvalue weighted by molar-refractivity contribution is 0.234. The van der Waals surface area contributed by atoms with Gasteiger partial charge in [-0.05, 0) is 37.8 Å². The topological polar surface area (TPSA) is 60.2 Å². The van der Waals surface area contributed by atoms with Crippen LogP contribution in [-0.4, -0.2) is 17.6 Å². The van der Waals surface area contributed by atoms with E-state index in [9.17, 15) is 0 Å². The number of nitrogens with two attached hydrogens (primary N) is 1. The van der Waals surface area contributed by atoms with Gasteiger partial charge >= 0.3 is 0 Å². The molecule has 0 spiro atoms. The number of ether oxygens (including phenoxy) is 1. The van der Waals surface area contributed by atoms with Gasteiger partial charge in [-0.3, -0.25) is 0 Å². The van der Waals surface area contributed by atoms with Gasteiger partial charge in [0.15, 0.2) is 0 Å². The molecule has 3 N–H and O–H groups in total. The Bertz CT molecular complexity index is 383. The van der Waals surface area contributed by atoms with Crippen molar-refractivity contribution in [2.24, 2.45) is 5.41 Å². The van der Waals surface area contributed by atoms with Crippen LogP contribution in [-0.2, 0) is 0 Å². The number of nitrogens with one attached hydrogen (secondary N) is 1. The van der Waals surface area contributed by atoms with E-state index in [1.54, 1.807) is 0 Å². The molecule has 0 amide bonds. The molecule has 0 fully saturated rings. The molecular formula is C14H25N3O. The number of nitrogens with zero attached hydrogens (tertiary/aromatic N) is 1. The molecule has 0 aromatic carbocycles. The molecular weight excluding hydrogens is 226 g/mol. The summed E-state index contributed by atoms with van der Waals surface area (Å²) in [5.74, 6) is 1.31. The first kappa shape index (κ1) is 14.6. The molecule has 0 saturated heterocycles. The summed E-state index contributed by atoms with van der Waals surface area (Å²) in [6.45, 7) is 11.5. The van der Waals surface area contributed by atoms with Gasteiger partial charge in [0.25, 0.3) is 0 Å². The molecule has 102 valence electrons. The molecule has 0 atom stereocenters. The van der Waals surface area contributed by atoms with Crippen LogP contribution in [0.4, 0.5) is 11.5 Å². The molecule has 1 aromatic rings. The molecule has 18 heavy (non-hydrogen) atoms. The van der Waals surface area contributed by atoms with Crippen LogP contribution >= 0.6 is 0 Å². The highest BCUT2D eigenvalue weighted by Gasteiger charge is 2.10. The molecule has 0 saturated carbocycles. The summed E-state index contributed by atoms with van der Waals surface area (Å²) < 4.78 is 5.56. The van der Waals surface area contributed by atoms with Crippen molar-refractivity contribution in [1.82, 2.24) is 4.98 Å². The van der Waals surface area contributed by atoms with Gasteiger partial charge in [-0.1, -0.05) is 20.8 Å². The zero-order valence-corrected chi connectivity index (χ0v) is 12.1. The van der Waals surface area contributed by atoms with Crippen LogP contribution < -0.4 is 15.8 Å². The number of hydrogen-bond donors (Lipinski definition) is 2. The lowest BCUT2D eigenvalue weighted by Gasteiger charge is -2.18. The van der Waals surface area contributed by atoms with E-state index in [0.717, 1.165) is 18.8 Å². The maximum atomic E-state index is 5.82. The first-order chi connectivity index (χ1) is 8.28. The Hall–Kier alpha value is -1.45. The summed E-state index contributed by atoms with van der Waals surface area (Å²) in [5, 5.41) is 3.30. The van der Waals surface area contributed by atoms with Crippen molar-refractivity contribution < 1.29 is 4.74 Å². The number of anilines is 2. The normalized spacial score (nSPS) is 11.7. The van der Waals surface area contributed by atoms with E-state index in [1.807, 2.05) is 26.0 Å². The highest BCUT2D eigenvalue weighted by Crippen LogP contribution is 2.23. The average molecular weight is 251 g/mol. The fourth-order valence-corrected chi connectivity index (χ4v) is 1.43. The fourth-order valence-electron chi connectivity index (χ4n) is 1.43. The molecule has 0 radical (unpaired) electrons. The van der Waals surface area contributed by atoms with Gasteiger partial charge < -0.3 is 15.8 Å². The molecule has 0 aliphatic carbocycles. The monoisotopic (exact) mass is 251 g/mol. The van der Waals surface area contributed by atoms with Gasteiger partial charge in [-0.15, -0.1) is 0 Å². The van der Waals surface area contributed by atoms with E-state index in [0.29, 0.717) is 17.0 Å². The number of hydrogen-bond acceptors (Lipinski definition) is 4. The molecule has 0 aliphatic rings. The molecule has 4 heteroatoms. The van der Waals surface area contributed by atoms with Gasteiger partial charge in [0.05, 0.1) is 11.8 Å². The number of nitrogen functional groups attached to an aromatic ring is 1. The van der Waals surface area contributed by atoms with Crippen LogP contribution in [0.25, 0.3) is 0 Å². The quantitative estimate of drug-likeness (QED) is 0.843. The second-order valence-electron chi connectivity index (χ2n) is 5.99. The van der Waals surface area contributed by atoms with E-state index in [2.05, 4.69) is 31.1 Å². The van der Waals surface area contributed by atoms with Gasteiger partial charge in [0, 0.05) is 6.54 Å². The third-order valence-electron chi connectivity index (χ3n) is 2.42. The second kappa shape index (κ2) is 5.94. The van der Waals surface area contributed by atoms with E-state index >= 15 is 0 Å². The Morgan fingerprint density at radius 1 is 1.33 bits per heavy atom. The summed E-state index contributed by atoms with van der Waals surface area (Å²) in [5.41, 5.74) is 6.71. The summed E-state index contributed by atoms with van der Waals surface area (Å²) in [7, 11) is 0. The molecule has 1 rings (SSSR count). The third-order valence-corrected chi connectivity index (χ3v) is 2.42. The van der Waals surface area contributed by atoms with Crippen molar-refractivity contribution in [3.63, 3.8) is 0 Å². The highest BCUT2D eigenvalue weighted by atomic mass is 16.5. The van der Waals surface area contributed by atoms with Gasteiger partial charge in [-0.25, -0.2) is 0 Å². The minimum atomic E-state index is 0.0737. The van der Waals surface area contributed by atoms with E-state index in [-0.39, 0.29) is 6.10 Å². The van der Waals surface area contributed by atoms with E-state index < -0.39 is 0 Å². The third kappa shape index (κ3) is 5.25. The Labute approximate surface area is 110 Å². The van der Waals surface area contributed by atoms with Crippen LogP contribution in [0.1, 0.15) is 41.0 Å². The number of aromatic nitrogens is 1. The summed E-state index contributed by atoms with van der Waals surface area (Å²) in [6, 6.07) is 3.70. The van der Waals surface area contributed by atoms with Crippen LogP contribution in [0, 0.1) is 5.41 Å². The van der Waals surface area contributed by atoms with Gasteiger partial charge in [0.1, 0.15) is 5.82 Å². The first-order valence-electron chi connectivity index (χ1n) is 6.45. The Kier molecular flexibility index (Phi) is 4.82. The maximum Gasteiger partial charge on any atom is 0.239 e. The maximum absolute atomic E-state index is 5.82. The summed E-state index contributed by atoms with van der Waals surface area (Å²) in [4.78, 5) is 4.37. The summed E-state index contributed by atoms with van der Waals surface area (Å²) >= 11 is 0. The Morgan fingerprint density at radius 2 is 2.00 bits per heavy atom. The number of rotatable bonds is 5. The van der Waals surface area contributed by atoms with Crippen molar-refractivity contribution in [1.29, 1.82) is 0 Å². The highest BCUT2D eigenvalue weighted by molar-refractivity contribution is 5.53. The molecule has 1 aromatic heterocycles. The standard InChI is InChI=1S/C14H25N3O/c1-10(2)18-13-11(15)6-7-12(17-13)16-9-8-14(3,4)5/h6-7,10H,8-9,15H2,1-5H3,(H,16,17). The van der Waals surface area contributed by atoms with Crippen molar-refractivity contribution in [2.75, 3.05) is 17.6 Å². The van der Waals surface area contributed by atoms with Crippen molar-refractivity contribution in [3.8, 4) is 5.88 Å². The molecule has 0 aliphatic heterocycles. The molecule has 1 heterocycles.